The van der Waals surface area contributed by atoms with Crippen LogP contribution in [0.3, 0.4) is 0 Å². The third-order valence-electron chi connectivity index (χ3n) is 3.08. The number of rotatable bonds is 3. The Balaban J connectivity index is 2.10. The van der Waals surface area contributed by atoms with E-state index in [4.69, 9.17) is 0 Å². The van der Waals surface area contributed by atoms with Crippen molar-refractivity contribution in [1.82, 2.24) is 4.98 Å². The minimum atomic E-state index is -0.801. The van der Waals surface area contributed by atoms with Crippen LogP contribution < -0.4 is 0 Å². The summed E-state index contributed by atoms with van der Waals surface area (Å²) in [4.78, 5) is 4.20. The van der Waals surface area contributed by atoms with Gasteiger partial charge in [-0.3, -0.25) is 0 Å². The van der Waals surface area contributed by atoms with Crippen LogP contribution >= 0.6 is 11.3 Å². The van der Waals surface area contributed by atoms with Gasteiger partial charge in [-0.25, -0.2) is 4.98 Å². The maximum absolute atomic E-state index is 10.4. The molecular formula is C12H17NOS. The highest BCUT2D eigenvalue weighted by Crippen LogP contribution is 2.35. The SMILES string of the molecule is CCCC1C=CC(O)(c2cscn2)CC1. The van der Waals surface area contributed by atoms with Gasteiger partial charge in [-0.2, -0.15) is 0 Å². The molecule has 1 aliphatic carbocycles. The fraction of sp³-hybridized carbons (Fsp3) is 0.583. The summed E-state index contributed by atoms with van der Waals surface area (Å²) in [6.07, 6.45) is 8.41. The van der Waals surface area contributed by atoms with Gasteiger partial charge in [0.05, 0.1) is 11.2 Å². The minimum absolute atomic E-state index is 0.647. The number of thiazole rings is 1. The molecule has 15 heavy (non-hydrogen) atoms. The van der Waals surface area contributed by atoms with Gasteiger partial charge >= 0.3 is 0 Å². The molecule has 3 heteroatoms. The molecule has 0 saturated carbocycles. The summed E-state index contributed by atoms with van der Waals surface area (Å²) in [6.45, 7) is 2.20. The Hall–Kier alpha value is -0.670. The van der Waals surface area contributed by atoms with Crippen molar-refractivity contribution in [3.8, 4) is 0 Å². The molecule has 2 atom stereocenters. The van der Waals surface area contributed by atoms with Crippen molar-refractivity contribution in [1.29, 1.82) is 0 Å². The Labute approximate surface area is 94.7 Å². The van der Waals surface area contributed by atoms with Gasteiger partial charge in [0.2, 0.25) is 0 Å². The molecule has 0 fully saturated rings. The van der Waals surface area contributed by atoms with Crippen molar-refractivity contribution in [2.45, 2.75) is 38.2 Å². The van der Waals surface area contributed by atoms with E-state index >= 15 is 0 Å². The summed E-state index contributed by atoms with van der Waals surface area (Å²) >= 11 is 1.54. The molecule has 0 amide bonds. The van der Waals surface area contributed by atoms with E-state index in [1.54, 1.807) is 5.51 Å². The second-order valence-corrected chi connectivity index (χ2v) is 4.96. The lowest BCUT2D eigenvalue weighted by molar-refractivity contribution is 0.0619. The second-order valence-electron chi connectivity index (χ2n) is 4.24. The van der Waals surface area contributed by atoms with Gasteiger partial charge in [-0.1, -0.05) is 25.5 Å². The van der Waals surface area contributed by atoms with Crippen LogP contribution in [0.25, 0.3) is 0 Å². The van der Waals surface area contributed by atoms with Gasteiger partial charge in [0.1, 0.15) is 5.60 Å². The summed E-state index contributed by atoms with van der Waals surface area (Å²) in [5.41, 5.74) is 1.78. The highest BCUT2D eigenvalue weighted by Gasteiger charge is 2.31. The Bertz CT molecular complexity index is 333. The highest BCUT2D eigenvalue weighted by molar-refractivity contribution is 7.07. The molecule has 1 N–H and O–H groups in total. The van der Waals surface area contributed by atoms with Crippen molar-refractivity contribution in [2.75, 3.05) is 0 Å². The lowest BCUT2D eigenvalue weighted by atomic mass is 9.82. The number of aromatic nitrogens is 1. The van der Waals surface area contributed by atoms with Gasteiger partial charge in [0.25, 0.3) is 0 Å². The van der Waals surface area contributed by atoms with Gasteiger partial charge < -0.3 is 5.11 Å². The van der Waals surface area contributed by atoms with Crippen LogP contribution in [0, 0.1) is 5.92 Å². The van der Waals surface area contributed by atoms with Crippen LogP contribution in [0.2, 0.25) is 0 Å². The molecule has 0 aromatic carbocycles. The quantitative estimate of drug-likeness (QED) is 0.799. The van der Waals surface area contributed by atoms with Gasteiger partial charge in [-0.05, 0) is 25.2 Å². The molecule has 2 nitrogen and oxygen atoms in total. The van der Waals surface area contributed by atoms with Crippen molar-refractivity contribution in [3.05, 3.63) is 28.7 Å². The summed E-state index contributed by atoms with van der Waals surface area (Å²) in [5.74, 6) is 0.647. The lowest BCUT2D eigenvalue weighted by Crippen LogP contribution is -2.27. The molecule has 1 heterocycles. The fourth-order valence-electron chi connectivity index (χ4n) is 2.13. The Kier molecular flexibility index (Phi) is 3.22. The van der Waals surface area contributed by atoms with Crippen molar-refractivity contribution >= 4 is 11.3 Å². The van der Waals surface area contributed by atoms with E-state index in [0.717, 1.165) is 18.5 Å². The molecule has 0 aliphatic heterocycles. The monoisotopic (exact) mass is 223 g/mol. The zero-order chi connectivity index (χ0) is 10.7. The standard InChI is InChI=1S/C12H17NOS/c1-2-3-10-4-6-12(14,7-5-10)11-8-15-9-13-11/h4,6,8-10,14H,2-3,5,7H2,1H3. The summed E-state index contributed by atoms with van der Waals surface area (Å²) < 4.78 is 0. The third-order valence-corrected chi connectivity index (χ3v) is 3.66. The number of aliphatic hydroxyl groups is 1. The normalized spacial score (nSPS) is 30.7. The van der Waals surface area contributed by atoms with Crippen LogP contribution in [0.1, 0.15) is 38.3 Å². The topological polar surface area (TPSA) is 33.1 Å². The summed E-state index contributed by atoms with van der Waals surface area (Å²) in [6, 6.07) is 0. The Morgan fingerprint density at radius 1 is 1.67 bits per heavy atom. The molecule has 1 aromatic heterocycles. The molecule has 0 spiro atoms. The van der Waals surface area contributed by atoms with E-state index in [0.29, 0.717) is 5.92 Å². The first-order valence-electron chi connectivity index (χ1n) is 5.55. The zero-order valence-corrected chi connectivity index (χ0v) is 9.83. The van der Waals surface area contributed by atoms with Crippen LogP contribution in [-0.4, -0.2) is 10.1 Å². The fourth-order valence-corrected chi connectivity index (χ4v) is 2.76. The highest BCUT2D eigenvalue weighted by atomic mass is 32.1. The molecule has 1 aromatic rings. The van der Waals surface area contributed by atoms with E-state index in [-0.39, 0.29) is 0 Å². The first kappa shape index (κ1) is 10.8. The van der Waals surface area contributed by atoms with E-state index in [2.05, 4.69) is 18.0 Å². The van der Waals surface area contributed by atoms with Crippen LogP contribution in [-0.2, 0) is 5.60 Å². The van der Waals surface area contributed by atoms with Gasteiger partial charge in [0, 0.05) is 5.38 Å². The second kappa shape index (κ2) is 4.45. The Morgan fingerprint density at radius 3 is 3.07 bits per heavy atom. The minimum Gasteiger partial charge on any atom is -0.379 e. The molecular weight excluding hydrogens is 206 g/mol. The number of allylic oxidation sites excluding steroid dienone is 1. The average molecular weight is 223 g/mol. The summed E-state index contributed by atoms with van der Waals surface area (Å²) in [7, 11) is 0. The largest absolute Gasteiger partial charge is 0.379 e. The molecule has 82 valence electrons. The third kappa shape index (κ3) is 2.29. The summed E-state index contributed by atoms with van der Waals surface area (Å²) in [5, 5.41) is 12.3. The zero-order valence-electron chi connectivity index (χ0n) is 9.02. The van der Waals surface area contributed by atoms with E-state index in [9.17, 15) is 5.11 Å². The predicted molar refractivity (Wildman–Crippen MR) is 62.8 cm³/mol. The lowest BCUT2D eigenvalue weighted by Gasteiger charge is -2.29. The Morgan fingerprint density at radius 2 is 2.53 bits per heavy atom. The first-order chi connectivity index (χ1) is 7.24. The van der Waals surface area contributed by atoms with E-state index in [1.165, 1.54) is 24.2 Å². The van der Waals surface area contributed by atoms with Crippen molar-refractivity contribution in [3.63, 3.8) is 0 Å². The molecule has 1 aliphatic rings. The van der Waals surface area contributed by atoms with Gasteiger partial charge in [-0.15, -0.1) is 11.3 Å². The van der Waals surface area contributed by atoms with E-state index < -0.39 is 5.60 Å². The van der Waals surface area contributed by atoms with Crippen molar-refractivity contribution < 1.29 is 5.11 Å². The number of nitrogens with zero attached hydrogens (tertiary/aromatic N) is 1. The smallest absolute Gasteiger partial charge is 0.125 e. The van der Waals surface area contributed by atoms with Crippen LogP contribution in [0.5, 0.6) is 0 Å². The molecule has 2 rings (SSSR count). The van der Waals surface area contributed by atoms with E-state index in [1.807, 2.05) is 11.5 Å². The molecule has 0 saturated heterocycles. The average Bonchev–Trinajstić information content (AvgIpc) is 2.76. The van der Waals surface area contributed by atoms with Crippen LogP contribution in [0.4, 0.5) is 0 Å². The number of hydrogen-bond donors (Lipinski definition) is 1. The number of hydrogen-bond acceptors (Lipinski definition) is 3. The molecule has 0 bridgehead atoms. The molecule has 0 radical (unpaired) electrons. The maximum atomic E-state index is 10.4. The van der Waals surface area contributed by atoms with Crippen LogP contribution in [0.15, 0.2) is 23.0 Å². The predicted octanol–water partition coefficient (Wildman–Crippen LogP) is 3.10. The molecule has 2 unspecified atom stereocenters. The first-order valence-corrected chi connectivity index (χ1v) is 6.49. The van der Waals surface area contributed by atoms with Gasteiger partial charge in [0.15, 0.2) is 0 Å². The maximum Gasteiger partial charge on any atom is 0.125 e. The van der Waals surface area contributed by atoms with Crippen molar-refractivity contribution in [2.24, 2.45) is 5.92 Å².